The van der Waals surface area contributed by atoms with E-state index in [2.05, 4.69) is 127 Å². The zero-order chi connectivity index (χ0) is 24.9. The molecule has 0 saturated heterocycles. The van der Waals surface area contributed by atoms with Gasteiger partial charge in [0.05, 0.1) is 11.0 Å². The van der Waals surface area contributed by atoms with Gasteiger partial charge in [-0.1, -0.05) is 105 Å². The van der Waals surface area contributed by atoms with Crippen molar-refractivity contribution in [3.63, 3.8) is 0 Å². The van der Waals surface area contributed by atoms with Crippen LogP contribution in [0.2, 0.25) is 0 Å². The first-order valence-corrected chi connectivity index (χ1v) is 12.9. The summed E-state index contributed by atoms with van der Waals surface area (Å²) in [6.45, 7) is 9.06. The smallest absolute Gasteiger partial charge is 0.158 e. The number of allylic oxidation sites excluding steroid dienone is 2. The third-order valence-electron chi connectivity index (χ3n) is 6.46. The Morgan fingerprint density at radius 1 is 0.806 bits per heavy atom. The SMILES string of the molecule is C/C=C/Cc1nc2c(N(Cc3ccccc3)Cc3ccccc3)nc3ccccc3c2n1CC(C)C. The van der Waals surface area contributed by atoms with Gasteiger partial charge in [-0.2, -0.15) is 0 Å². The zero-order valence-corrected chi connectivity index (χ0v) is 21.4. The van der Waals surface area contributed by atoms with E-state index in [0.717, 1.165) is 54.1 Å². The molecular formula is C32H34N4. The van der Waals surface area contributed by atoms with E-state index in [9.17, 15) is 0 Å². The molecule has 2 aromatic heterocycles. The Kier molecular flexibility index (Phi) is 7.13. The summed E-state index contributed by atoms with van der Waals surface area (Å²) < 4.78 is 2.43. The number of anilines is 1. The van der Waals surface area contributed by atoms with Gasteiger partial charge in [-0.05, 0) is 30.0 Å². The predicted molar refractivity (Wildman–Crippen MR) is 151 cm³/mol. The third kappa shape index (κ3) is 5.03. The highest BCUT2D eigenvalue weighted by Gasteiger charge is 2.22. The van der Waals surface area contributed by atoms with Gasteiger partial charge in [-0.25, -0.2) is 9.97 Å². The number of benzene rings is 3. The van der Waals surface area contributed by atoms with E-state index in [0.29, 0.717) is 5.92 Å². The summed E-state index contributed by atoms with van der Waals surface area (Å²) in [5, 5.41) is 1.16. The van der Waals surface area contributed by atoms with E-state index in [1.807, 2.05) is 0 Å². The summed E-state index contributed by atoms with van der Waals surface area (Å²) in [4.78, 5) is 12.9. The van der Waals surface area contributed by atoms with Crippen molar-refractivity contribution in [3.8, 4) is 0 Å². The molecule has 0 bridgehead atoms. The van der Waals surface area contributed by atoms with Crippen molar-refractivity contribution in [3.05, 3.63) is 114 Å². The molecule has 0 fully saturated rings. The molecule has 4 nitrogen and oxygen atoms in total. The van der Waals surface area contributed by atoms with Crippen LogP contribution in [0.25, 0.3) is 21.9 Å². The minimum Gasteiger partial charge on any atom is -0.346 e. The molecule has 0 spiro atoms. The molecule has 3 aromatic carbocycles. The fourth-order valence-electron chi connectivity index (χ4n) is 4.84. The van der Waals surface area contributed by atoms with Crippen LogP contribution in [0.5, 0.6) is 0 Å². The van der Waals surface area contributed by atoms with Crippen molar-refractivity contribution >= 4 is 27.8 Å². The summed E-state index contributed by atoms with van der Waals surface area (Å²) in [5.74, 6) is 2.54. The van der Waals surface area contributed by atoms with Crippen LogP contribution in [0.4, 0.5) is 5.82 Å². The second kappa shape index (κ2) is 10.8. The molecule has 182 valence electrons. The van der Waals surface area contributed by atoms with E-state index in [-0.39, 0.29) is 0 Å². The topological polar surface area (TPSA) is 34.0 Å². The van der Waals surface area contributed by atoms with Crippen LogP contribution in [0.3, 0.4) is 0 Å². The van der Waals surface area contributed by atoms with Crippen molar-refractivity contribution in [2.45, 2.75) is 46.8 Å². The summed E-state index contributed by atoms with van der Waals surface area (Å²) >= 11 is 0. The molecule has 36 heavy (non-hydrogen) atoms. The molecule has 0 N–H and O–H groups in total. The second-order valence-electron chi connectivity index (χ2n) is 9.78. The Bertz CT molecular complexity index is 1420. The lowest BCUT2D eigenvalue weighted by Crippen LogP contribution is -2.23. The average molecular weight is 475 g/mol. The molecule has 0 amide bonds. The lowest BCUT2D eigenvalue weighted by molar-refractivity contribution is 0.521. The van der Waals surface area contributed by atoms with Gasteiger partial charge in [0.25, 0.3) is 0 Å². The predicted octanol–water partition coefficient (Wildman–Crippen LogP) is 7.57. The van der Waals surface area contributed by atoms with Gasteiger partial charge in [-0.3, -0.25) is 0 Å². The Morgan fingerprint density at radius 3 is 2.03 bits per heavy atom. The third-order valence-corrected chi connectivity index (χ3v) is 6.46. The fraction of sp³-hybridized carbons (Fsp3) is 0.250. The standard InChI is InChI=1S/C32H34N4/c1-4-5-20-29-34-30-31(36(29)21-24(2)3)27-18-12-13-19-28(27)33-32(30)35(22-25-14-8-6-9-15-25)23-26-16-10-7-11-17-26/h4-19,24H,20-23H2,1-3H3/b5-4+. The molecule has 4 heteroatoms. The van der Waals surface area contributed by atoms with Crippen LogP contribution >= 0.6 is 0 Å². The minimum absolute atomic E-state index is 0.506. The van der Waals surface area contributed by atoms with E-state index in [4.69, 9.17) is 9.97 Å². The highest BCUT2D eigenvalue weighted by molar-refractivity contribution is 6.07. The fourth-order valence-corrected chi connectivity index (χ4v) is 4.84. The Hall–Kier alpha value is -3.92. The number of para-hydroxylation sites is 1. The molecule has 0 unspecified atom stereocenters. The van der Waals surface area contributed by atoms with Gasteiger partial charge in [0, 0.05) is 31.4 Å². The Morgan fingerprint density at radius 2 is 1.42 bits per heavy atom. The summed E-state index contributed by atoms with van der Waals surface area (Å²) in [6.07, 6.45) is 5.11. The van der Waals surface area contributed by atoms with E-state index >= 15 is 0 Å². The van der Waals surface area contributed by atoms with E-state index in [1.54, 1.807) is 0 Å². The Balaban J connectivity index is 1.75. The molecule has 0 atom stereocenters. The van der Waals surface area contributed by atoms with E-state index < -0.39 is 0 Å². The van der Waals surface area contributed by atoms with Crippen molar-refractivity contribution in [1.29, 1.82) is 0 Å². The number of nitrogens with zero attached hydrogens (tertiary/aromatic N) is 4. The summed E-state index contributed by atoms with van der Waals surface area (Å²) in [5.41, 5.74) is 5.70. The molecule has 5 rings (SSSR count). The lowest BCUT2D eigenvalue weighted by Gasteiger charge is -2.25. The van der Waals surface area contributed by atoms with Crippen molar-refractivity contribution in [1.82, 2.24) is 14.5 Å². The number of rotatable bonds is 9. The molecule has 5 aromatic rings. The summed E-state index contributed by atoms with van der Waals surface area (Å²) in [7, 11) is 0. The number of fused-ring (bicyclic) bond motifs is 3. The lowest BCUT2D eigenvalue weighted by atomic mass is 10.1. The Labute approximate surface area is 213 Å². The largest absolute Gasteiger partial charge is 0.346 e. The monoisotopic (exact) mass is 474 g/mol. The molecule has 0 aliphatic rings. The van der Waals surface area contributed by atoms with Crippen LogP contribution in [0, 0.1) is 5.92 Å². The maximum Gasteiger partial charge on any atom is 0.158 e. The number of hydrogen-bond donors (Lipinski definition) is 0. The van der Waals surface area contributed by atoms with Crippen LogP contribution in [0.1, 0.15) is 37.7 Å². The van der Waals surface area contributed by atoms with Crippen LogP contribution in [-0.2, 0) is 26.1 Å². The minimum atomic E-state index is 0.506. The molecule has 0 saturated carbocycles. The average Bonchev–Trinajstić information content (AvgIpc) is 3.25. The molecule has 0 aliphatic carbocycles. The van der Waals surface area contributed by atoms with Crippen molar-refractivity contribution < 1.29 is 0 Å². The quantitative estimate of drug-likeness (QED) is 0.207. The normalized spacial score (nSPS) is 11.8. The first kappa shape index (κ1) is 23.8. The number of imidazole rings is 1. The summed E-state index contributed by atoms with van der Waals surface area (Å²) in [6, 6.07) is 29.8. The van der Waals surface area contributed by atoms with Gasteiger partial charge in [-0.15, -0.1) is 0 Å². The van der Waals surface area contributed by atoms with Crippen LogP contribution in [-0.4, -0.2) is 14.5 Å². The highest BCUT2D eigenvalue weighted by Crippen LogP contribution is 2.34. The first-order chi connectivity index (χ1) is 17.6. The van der Waals surface area contributed by atoms with E-state index in [1.165, 1.54) is 16.6 Å². The molecular weight excluding hydrogens is 440 g/mol. The maximum absolute atomic E-state index is 5.27. The van der Waals surface area contributed by atoms with Gasteiger partial charge < -0.3 is 9.47 Å². The first-order valence-electron chi connectivity index (χ1n) is 12.9. The van der Waals surface area contributed by atoms with Gasteiger partial charge in [0.2, 0.25) is 0 Å². The number of aromatic nitrogens is 3. The molecule has 2 heterocycles. The zero-order valence-electron chi connectivity index (χ0n) is 21.4. The van der Waals surface area contributed by atoms with Gasteiger partial charge >= 0.3 is 0 Å². The van der Waals surface area contributed by atoms with Crippen LogP contribution < -0.4 is 4.90 Å². The molecule has 0 aliphatic heterocycles. The van der Waals surface area contributed by atoms with Crippen LogP contribution in [0.15, 0.2) is 97.1 Å². The maximum atomic E-state index is 5.27. The number of hydrogen-bond acceptors (Lipinski definition) is 3. The van der Waals surface area contributed by atoms with Crippen molar-refractivity contribution in [2.24, 2.45) is 5.92 Å². The van der Waals surface area contributed by atoms with Crippen molar-refractivity contribution in [2.75, 3.05) is 4.90 Å². The second-order valence-corrected chi connectivity index (χ2v) is 9.78. The van der Waals surface area contributed by atoms with Gasteiger partial charge in [0.1, 0.15) is 11.3 Å². The van der Waals surface area contributed by atoms with Gasteiger partial charge in [0.15, 0.2) is 5.82 Å². The molecule has 0 radical (unpaired) electrons. The highest BCUT2D eigenvalue weighted by atomic mass is 15.2. The number of pyridine rings is 1.